The SMILES string of the molecule is Cc1cc(S(=O)(=O)N2CCOC23CCN(C(=O)CCc2ccccc2)CC3)ccc1F. The van der Waals surface area contributed by atoms with Crippen LogP contribution in [0.1, 0.15) is 30.4 Å². The van der Waals surface area contributed by atoms with Crippen molar-refractivity contribution in [3.05, 3.63) is 65.5 Å². The summed E-state index contributed by atoms with van der Waals surface area (Å²) in [4.78, 5) is 14.5. The molecule has 2 aliphatic rings. The number of sulfonamides is 1. The van der Waals surface area contributed by atoms with Crippen molar-refractivity contribution in [1.82, 2.24) is 9.21 Å². The summed E-state index contributed by atoms with van der Waals surface area (Å²) in [6.45, 7) is 3.00. The highest BCUT2D eigenvalue weighted by Gasteiger charge is 2.50. The number of halogens is 1. The molecule has 6 nitrogen and oxygen atoms in total. The summed E-state index contributed by atoms with van der Waals surface area (Å²) in [5, 5.41) is 0. The fourth-order valence-electron chi connectivity index (χ4n) is 4.39. The number of piperidine rings is 1. The molecule has 0 radical (unpaired) electrons. The number of carbonyl (C=O) groups is 1. The van der Waals surface area contributed by atoms with Crippen molar-refractivity contribution in [3.8, 4) is 0 Å². The molecule has 0 aliphatic carbocycles. The first-order valence-electron chi connectivity index (χ1n) is 10.6. The predicted octanol–water partition coefficient (Wildman–Crippen LogP) is 3.11. The summed E-state index contributed by atoms with van der Waals surface area (Å²) in [6.07, 6.45) is 1.95. The minimum atomic E-state index is -3.83. The van der Waals surface area contributed by atoms with Crippen LogP contribution in [-0.2, 0) is 26.0 Å². The van der Waals surface area contributed by atoms with Crippen LogP contribution in [0.4, 0.5) is 4.39 Å². The Morgan fingerprint density at radius 1 is 1.10 bits per heavy atom. The number of ether oxygens (including phenoxy) is 1. The Balaban J connectivity index is 1.43. The molecule has 4 rings (SSSR count). The maximum absolute atomic E-state index is 13.6. The number of amides is 1. The van der Waals surface area contributed by atoms with Gasteiger partial charge in [0.15, 0.2) is 0 Å². The van der Waals surface area contributed by atoms with Gasteiger partial charge in [0.05, 0.1) is 11.5 Å². The molecule has 2 saturated heterocycles. The molecule has 166 valence electrons. The molecular formula is C23H27FN2O4S. The second-order valence-electron chi connectivity index (χ2n) is 8.15. The van der Waals surface area contributed by atoms with Crippen molar-refractivity contribution in [2.45, 2.75) is 43.2 Å². The summed E-state index contributed by atoms with van der Waals surface area (Å²) in [6, 6.07) is 13.7. The van der Waals surface area contributed by atoms with Crippen molar-refractivity contribution in [2.24, 2.45) is 0 Å². The summed E-state index contributed by atoms with van der Waals surface area (Å²) in [5.41, 5.74) is 0.460. The van der Waals surface area contributed by atoms with Gasteiger partial charge >= 0.3 is 0 Å². The highest BCUT2D eigenvalue weighted by atomic mass is 32.2. The van der Waals surface area contributed by atoms with E-state index in [9.17, 15) is 17.6 Å². The smallest absolute Gasteiger partial charge is 0.245 e. The Morgan fingerprint density at radius 3 is 2.48 bits per heavy atom. The van der Waals surface area contributed by atoms with Gasteiger partial charge in [-0.3, -0.25) is 4.79 Å². The molecule has 2 aromatic rings. The van der Waals surface area contributed by atoms with Gasteiger partial charge in [-0.05, 0) is 42.7 Å². The largest absolute Gasteiger partial charge is 0.358 e. The summed E-state index contributed by atoms with van der Waals surface area (Å²) < 4.78 is 47.6. The quantitative estimate of drug-likeness (QED) is 0.708. The molecule has 0 unspecified atom stereocenters. The Labute approximate surface area is 182 Å². The Kier molecular flexibility index (Phi) is 6.14. The number of aryl methyl sites for hydroxylation is 2. The number of hydrogen-bond acceptors (Lipinski definition) is 4. The molecule has 0 atom stereocenters. The average Bonchev–Trinajstić information content (AvgIpc) is 3.19. The van der Waals surface area contributed by atoms with E-state index in [0.29, 0.717) is 45.4 Å². The van der Waals surface area contributed by atoms with Crippen molar-refractivity contribution >= 4 is 15.9 Å². The lowest BCUT2D eigenvalue weighted by atomic mass is 10.00. The first kappa shape index (κ1) is 21.9. The molecule has 2 aliphatic heterocycles. The van der Waals surface area contributed by atoms with Crippen LogP contribution in [0.2, 0.25) is 0 Å². The zero-order chi connectivity index (χ0) is 22.1. The van der Waals surface area contributed by atoms with E-state index in [2.05, 4.69) is 0 Å². The van der Waals surface area contributed by atoms with Gasteiger partial charge in [-0.15, -0.1) is 0 Å². The van der Waals surface area contributed by atoms with Crippen molar-refractivity contribution < 1.29 is 22.3 Å². The Hall–Kier alpha value is -2.29. The number of nitrogens with zero attached hydrogens (tertiary/aromatic N) is 2. The molecule has 1 amide bonds. The highest BCUT2D eigenvalue weighted by Crippen LogP contribution is 2.38. The van der Waals surface area contributed by atoms with Crippen molar-refractivity contribution in [2.75, 3.05) is 26.2 Å². The van der Waals surface area contributed by atoms with E-state index in [4.69, 9.17) is 4.74 Å². The van der Waals surface area contributed by atoms with Gasteiger partial charge in [-0.25, -0.2) is 12.8 Å². The number of benzene rings is 2. The molecule has 8 heteroatoms. The normalized spacial score (nSPS) is 19.1. The van der Waals surface area contributed by atoms with E-state index < -0.39 is 21.6 Å². The van der Waals surface area contributed by atoms with Crippen LogP contribution in [0.15, 0.2) is 53.4 Å². The molecule has 0 bridgehead atoms. The second kappa shape index (κ2) is 8.68. The van der Waals surface area contributed by atoms with Crippen molar-refractivity contribution in [3.63, 3.8) is 0 Å². The van der Waals surface area contributed by atoms with E-state index in [1.165, 1.54) is 22.5 Å². The highest BCUT2D eigenvalue weighted by molar-refractivity contribution is 7.89. The topological polar surface area (TPSA) is 66.9 Å². The van der Waals surface area contributed by atoms with Gasteiger partial charge in [0.1, 0.15) is 11.5 Å². The lowest BCUT2D eigenvalue weighted by Crippen LogP contribution is -2.55. The van der Waals surface area contributed by atoms with Crippen LogP contribution >= 0.6 is 0 Å². The first-order valence-corrected chi connectivity index (χ1v) is 12.0. The average molecular weight is 447 g/mol. The van der Waals surface area contributed by atoms with Gasteiger partial charge in [0.2, 0.25) is 15.9 Å². The van der Waals surface area contributed by atoms with Crippen LogP contribution in [-0.4, -0.2) is 55.5 Å². The third kappa shape index (κ3) is 4.37. The summed E-state index contributed by atoms with van der Waals surface area (Å²) >= 11 is 0. The summed E-state index contributed by atoms with van der Waals surface area (Å²) in [5.74, 6) is -0.367. The number of hydrogen-bond donors (Lipinski definition) is 0. The van der Waals surface area contributed by atoms with Gasteiger partial charge in [0, 0.05) is 38.9 Å². The van der Waals surface area contributed by atoms with Crippen LogP contribution < -0.4 is 0 Å². The molecule has 0 N–H and O–H groups in total. The van der Waals surface area contributed by atoms with Gasteiger partial charge < -0.3 is 9.64 Å². The Morgan fingerprint density at radius 2 is 1.81 bits per heavy atom. The third-order valence-electron chi connectivity index (χ3n) is 6.20. The van der Waals surface area contributed by atoms with E-state index in [0.717, 1.165) is 5.56 Å². The fourth-order valence-corrected chi connectivity index (χ4v) is 6.20. The van der Waals surface area contributed by atoms with Crippen molar-refractivity contribution in [1.29, 1.82) is 0 Å². The molecule has 1 spiro atoms. The van der Waals surface area contributed by atoms with Gasteiger partial charge in [-0.2, -0.15) is 4.31 Å². The van der Waals surface area contributed by atoms with Crippen LogP contribution in [0.25, 0.3) is 0 Å². The molecule has 2 aromatic carbocycles. The van der Waals surface area contributed by atoms with Gasteiger partial charge in [0.25, 0.3) is 0 Å². The standard InChI is InChI=1S/C23H27FN2O4S/c1-18-17-20(8-9-21(18)24)31(28,29)26-15-16-30-23(26)11-13-25(14-12-23)22(27)10-7-19-5-3-2-4-6-19/h2-6,8-9,17H,7,10-16H2,1H3. The van der Waals surface area contributed by atoms with E-state index >= 15 is 0 Å². The van der Waals surface area contributed by atoms with Crippen LogP contribution in [0.3, 0.4) is 0 Å². The lowest BCUT2D eigenvalue weighted by molar-refractivity contribution is -0.140. The molecule has 31 heavy (non-hydrogen) atoms. The molecule has 2 heterocycles. The molecule has 0 aromatic heterocycles. The molecular weight excluding hydrogens is 419 g/mol. The minimum absolute atomic E-state index is 0.0673. The van der Waals surface area contributed by atoms with Gasteiger partial charge in [-0.1, -0.05) is 30.3 Å². The number of rotatable bonds is 5. The monoisotopic (exact) mass is 446 g/mol. The molecule has 0 saturated carbocycles. The van der Waals surface area contributed by atoms with E-state index in [1.54, 1.807) is 11.8 Å². The van der Waals surface area contributed by atoms with Crippen LogP contribution in [0, 0.1) is 12.7 Å². The van der Waals surface area contributed by atoms with Crippen LogP contribution in [0.5, 0.6) is 0 Å². The Bertz CT molecular complexity index is 1050. The van der Waals surface area contributed by atoms with E-state index in [1.807, 2.05) is 30.3 Å². The van der Waals surface area contributed by atoms with E-state index in [-0.39, 0.29) is 22.9 Å². The zero-order valence-corrected chi connectivity index (χ0v) is 18.4. The molecule has 2 fully saturated rings. The number of carbonyl (C=O) groups excluding carboxylic acids is 1. The maximum atomic E-state index is 13.6. The maximum Gasteiger partial charge on any atom is 0.245 e. The number of likely N-dealkylation sites (tertiary alicyclic amines) is 1. The third-order valence-corrected chi connectivity index (χ3v) is 8.15. The predicted molar refractivity (Wildman–Crippen MR) is 114 cm³/mol. The first-order chi connectivity index (χ1) is 14.8. The second-order valence-corrected chi connectivity index (χ2v) is 10.0. The zero-order valence-electron chi connectivity index (χ0n) is 17.6. The minimum Gasteiger partial charge on any atom is -0.358 e. The lowest BCUT2D eigenvalue weighted by Gasteiger charge is -2.42. The fraction of sp³-hybridized carbons (Fsp3) is 0.435. The summed E-state index contributed by atoms with van der Waals surface area (Å²) in [7, 11) is -3.83.